The second-order valence-electron chi connectivity index (χ2n) is 9.28. The Kier molecular flexibility index (Phi) is 9.81. The number of hydrogen-bond donors (Lipinski definition) is 2. The van der Waals surface area contributed by atoms with Gasteiger partial charge in [0.25, 0.3) is 0 Å². The first-order valence-corrected chi connectivity index (χ1v) is 12.9. The maximum atomic E-state index is 10.6. The number of halogens is 6. The second kappa shape index (κ2) is 12.6. The van der Waals surface area contributed by atoms with E-state index in [2.05, 4.69) is 43.1 Å². The van der Waals surface area contributed by atoms with E-state index in [4.69, 9.17) is 24.8 Å². The van der Waals surface area contributed by atoms with Gasteiger partial charge in [-0.15, -0.1) is 11.3 Å². The number of imidazole rings is 1. The lowest BCUT2D eigenvalue weighted by atomic mass is 9.83. The van der Waals surface area contributed by atoms with Crippen molar-refractivity contribution in [1.82, 2.24) is 34.1 Å². The summed E-state index contributed by atoms with van der Waals surface area (Å²) in [6, 6.07) is 0. The van der Waals surface area contributed by atoms with Gasteiger partial charge < -0.3 is 14.8 Å². The van der Waals surface area contributed by atoms with E-state index in [-0.39, 0.29) is 5.54 Å². The van der Waals surface area contributed by atoms with Crippen LogP contribution in [0.2, 0.25) is 0 Å². The van der Waals surface area contributed by atoms with Crippen molar-refractivity contribution in [2.45, 2.75) is 43.8 Å². The lowest BCUT2D eigenvalue weighted by molar-refractivity contribution is -0.193. The molecule has 0 saturated carbocycles. The van der Waals surface area contributed by atoms with Crippen molar-refractivity contribution in [2.75, 3.05) is 26.7 Å². The molecule has 5 rings (SSSR count). The molecule has 2 aliphatic rings. The summed E-state index contributed by atoms with van der Waals surface area (Å²) in [6.45, 7) is 5.18. The number of likely N-dealkylation sites (N-methyl/N-ethyl adjacent to an activating group) is 1. The molecule has 1 saturated heterocycles. The van der Waals surface area contributed by atoms with Gasteiger partial charge in [0.05, 0.1) is 30.2 Å². The molecule has 0 aliphatic carbocycles. The normalized spacial score (nSPS) is 17.2. The molecule has 0 amide bonds. The first-order chi connectivity index (χ1) is 19.0. The van der Waals surface area contributed by atoms with Crippen LogP contribution in [0.25, 0.3) is 11.3 Å². The lowest BCUT2D eigenvalue weighted by Crippen LogP contribution is -2.56. The van der Waals surface area contributed by atoms with Crippen LogP contribution >= 0.6 is 11.3 Å². The van der Waals surface area contributed by atoms with Gasteiger partial charge in [-0.1, -0.05) is 0 Å². The van der Waals surface area contributed by atoms with Crippen molar-refractivity contribution in [1.29, 1.82) is 0 Å². The number of likely N-dealkylation sites (tertiary alicyclic amines) is 1. The van der Waals surface area contributed by atoms with Crippen molar-refractivity contribution in [3.8, 4) is 11.3 Å². The fourth-order valence-corrected chi connectivity index (χ4v) is 5.26. The van der Waals surface area contributed by atoms with Gasteiger partial charge in [-0.25, -0.2) is 19.6 Å². The van der Waals surface area contributed by atoms with Crippen LogP contribution in [0, 0.1) is 0 Å². The van der Waals surface area contributed by atoms with Crippen molar-refractivity contribution in [2.24, 2.45) is 7.05 Å². The number of carboxylic acids is 2. The molecule has 3 aromatic rings. The number of hydrogen-bond acceptors (Lipinski definition) is 8. The number of fused-ring (bicyclic) bond motifs is 2. The Morgan fingerprint density at radius 3 is 2.00 bits per heavy atom. The molecule has 0 radical (unpaired) electrons. The van der Waals surface area contributed by atoms with Crippen molar-refractivity contribution < 1.29 is 46.1 Å². The number of piperidine rings is 1. The summed E-state index contributed by atoms with van der Waals surface area (Å²) in [6.07, 6.45) is 0.000890. The van der Waals surface area contributed by atoms with Gasteiger partial charge >= 0.3 is 24.3 Å². The van der Waals surface area contributed by atoms with Crippen LogP contribution in [-0.4, -0.2) is 95.3 Å². The largest absolute Gasteiger partial charge is 0.490 e. The molecule has 3 aromatic heterocycles. The van der Waals surface area contributed by atoms with Crippen LogP contribution < -0.4 is 0 Å². The molecule has 1 fully saturated rings. The molecule has 18 heteroatoms. The average molecular weight is 612 g/mol. The van der Waals surface area contributed by atoms with Crippen LogP contribution in [0.4, 0.5) is 26.3 Å². The van der Waals surface area contributed by atoms with E-state index in [0.717, 1.165) is 51.1 Å². The second-order valence-corrected chi connectivity index (χ2v) is 10.3. The highest BCUT2D eigenvalue weighted by Crippen LogP contribution is 2.41. The highest BCUT2D eigenvalue weighted by atomic mass is 32.1. The number of aromatic nitrogens is 5. The number of thiazole rings is 1. The molecule has 41 heavy (non-hydrogen) atoms. The highest BCUT2D eigenvalue weighted by molar-refractivity contribution is 7.09. The zero-order valence-corrected chi connectivity index (χ0v) is 22.7. The molecule has 0 atom stereocenters. The van der Waals surface area contributed by atoms with Gasteiger partial charge in [-0.3, -0.25) is 14.5 Å². The Labute approximate surface area is 233 Å². The number of carbonyl (C=O) groups is 2. The van der Waals surface area contributed by atoms with E-state index in [1.54, 1.807) is 11.3 Å². The average Bonchev–Trinajstić information content (AvgIpc) is 3.64. The third-order valence-corrected chi connectivity index (χ3v) is 7.44. The van der Waals surface area contributed by atoms with E-state index in [1.807, 2.05) is 30.3 Å². The predicted octanol–water partition coefficient (Wildman–Crippen LogP) is 3.44. The maximum absolute atomic E-state index is 10.6. The molecule has 226 valence electrons. The van der Waals surface area contributed by atoms with Gasteiger partial charge in [0.1, 0.15) is 10.8 Å². The van der Waals surface area contributed by atoms with Crippen molar-refractivity contribution >= 4 is 23.3 Å². The molecular weight excluding hydrogens is 584 g/mol. The Bertz CT molecular complexity index is 1290. The predicted molar refractivity (Wildman–Crippen MR) is 133 cm³/mol. The van der Waals surface area contributed by atoms with E-state index >= 15 is 0 Å². The van der Waals surface area contributed by atoms with Gasteiger partial charge in [0, 0.05) is 56.6 Å². The molecule has 0 unspecified atom stereocenters. The molecule has 1 spiro atoms. The highest BCUT2D eigenvalue weighted by Gasteiger charge is 2.45. The molecular formula is C23H27F6N7O4S. The quantitative estimate of drug-likeness (QED) is 0.428. The fraction of sp³-hybridized carbons (Fsp3) is 0.522. The Balaban J connectivity index is 0.000000276. The molecule has 5 heterocycles. The topological polar surface area (TPSA) is 130 Å². The first kappa shape index (κ1) is 32.0. The number of alkyl halides is 6. The maximum Gasteiger partial charge on any atom is 0.490 e. The fourth-order valence-electron chi connectivity index (χ4n) is 4.60. The van der Waals surface area contributed by atoms with Crippen LogP contribution in [0.1, 0.15) is 23.7 Å². The van der Waals surface area contributed by atoms with Crippen LogP contribution in [0.15, 0.2) is 30.2 Å². The van der Waals surface area contributed by atoms with Crippen molar-refractivity contribution in [3.05, 3.63) is 41.0 Å². The molecule has 11 nitrogen and oxygen atoms in total. The van der Waals surface area contributed by atoms with Gasteiger partial charge in [0.2, 0.25) is 0 Å². The third-order valence-electron chi connectivity index (χ3n) is 6.67. The van der Waals surface area contributed by atoms with E-state index in [9.17, 15) is 26.3 Å². The summed E-state index contributed by atoms with van der Waals surface area (Å²) < 4.78 is 67.8. The summed E-state index contributed by atoms with van der Waals surface area (Å²) in [5, 5.41) is 21.9. The summed E-state index contributed by atoms with van der Waals surface area (Å²) >= 11 is 1.75. The summed E-state index contributed by atoms with van der Waals surface area (Å²) in [7, 11) is 4.23. The number of nitrogens with zero attached hydrogens (tertiary/aromatic N) is 7. The number of aryl methyl sites for hydroxylation is 1. The molecule has 0 aromatic carbocycles. The summed E-state index contributed by atoms with van der Waals surface area (Å²) in [4.78, 5) is 32.2. The Morgan fingerprint density at radius 2 is 1.54 bits per heavy atom. The minimum absolute atomic E-state index is 0.0398. The van der Waals surface area contributed by atoms with Gasteiger partial charge in [-0.2, -0.15) is 31.4 Å². The summed E-state index contributed by atoms with van der Waals surface area (Å²) in [5.41, 5.74) is 2.38. The minimum atomic E-state index is -5.08. The van der Waals surface area contributed by atoms with E-state index in [0.29, 0.717) is 0 Å². The molecule has 0 bridgehead atoms. The Hall–Kier alpha value is -3.51. The van der Waals surface area contributed by atoms with Gasteiger partial charge in [-0.05, 0) is 19.9 Å². The standard InChI is InChI=1S/C19H25N7S.2C2HF3O2/c1-23-8-9-26-16(15-11-22-24(2)13-15)12-21-18(26)19(23)3-6-25(7-4-19)14-17-20-5-10-27-17;2*3-2(4,5)1(6)7/h5,10-13H,3-4,6-9,14H2,1-2H3;2*(H,6,7). The SMILES string of the molecule is CN1CCn2c(-c3cnn(C)c3)cnc2C12CCN(Cc1nccs1)CC2.O=C(O)C(F)(F)F.O=C(O)C(F)(F)F. The van der Waals surface area contributed by atoms with E-state index < -0.39 is 24.3 Å². The number of carboxylic acid groups (broad SMARTS) is 2. The smallest absolute Gasteiger partial charge is 0.475 e. The van der Waals surface area contributed by atoms with Crippen molar-refractivity contribution in [3.63, 3.8) is 0 Å². The number of rotatable bonds is 3. The van der Waals surface area contributed by atoms with Crippen LogP contribution in [-0.2, 0) is 35.3 Å². The zero-order valence-electron chi connectivity index (χ0n) is 21.9. The monoisotopic (exact) mass is 611 g/mol. The summed E-state index contributed by atoms with van der Waals surface area (Å²) in [5.74, 6) is -4.29. The van der Waals surface area contributed by atoms with Gasteiger partial charge in [0.15, 0.2) is 0 Å². The first-order valence-electron chi connectivity index (χ1n) is 12.0. The molecule has 2 aliphatic heterocycles. The molecule has 2 N–H and O–H groups in total. The minimum Gasteiger partial charge on any atom is -0.475 e. The Morgan fingerprint density at radius 1 is 0.951 bits per heavy atom. The van der Waals surface area contributed by atoms with Crippen LogP contribution in [0.3, 0.4) is 0 Å². The zero-order chi connectivity index (χ0) is 30.6. The van der Waals surface area contributed by atoms with E-state index in [1.165, 1.54) is 16.5 Å². The van der Waals surface area contributed by atoms with Crippen LogP contribution in [0.5, 0.6) is 0 Å². The lowest BCUT2D eigenvalue weighted by Gasteiger charge is -2.49. The third kappa shape index (κ3) is 7.82. The number of aliphatic carboxylic acids is 2.